The zero-order valence-corrected chi connectivity index (χ0v) is 18.7. The number of nitrogens with one attached hydrogen (secondary N) is 2. The van der Waals surface area contributed by atoms with E-state index < -0.39 is 0 Å². The number of fused-ring (bicyclic) bond motifs is 1. The van der Waals surface area contributed by atoms with Crippen LogP contribution in [-0.4, -0.2) is 42.3 Å². The number of hydrogen-bond acceptors (Lipinski definition) is 7. The van der Waals surface area contributed by atoms with Crippen LogP contribution < -0.4 is 10.6 Å². The van der Waals surface area contributed by atoms with E-state index in [-0.39, 0.29) is 18.6 Å². The Morgan fingerprint density at radius 3 is 2.53 bits per heavy atom. The van der Waals surface area contributed by atoms with Crippen molar-refractivity contribution < 1.29 is 5.11 Å². The molecule has 3 aromatic heterocycles. The third kappa shape index (κ3) is 4.70. The number of nitrogens with zero attached hydrogens (tertiary/aromatic N) is 5. The molecule has 3 heterocycles. The molecule has 0 aliphatic rings. The summed E-state index contributed by atoms with van der Waals surface area (Å²) in [7, 11) is 0. The highest BCUT2D eigenvalue weighted by Gasteiger charge is 2.16. The molecule has 166 valence electrons. The van der Waals surface area contributed by atoms with Crippen LogP contribution in [0.2, 0.25) is 0 Å². The van der Waals surface area contributed by atoms with E-state index >= 15 is 0 Å². The lowest BCUT2D eigenvalue weighted by molar-refractivity contribution is 0.271. The minimum absolute atomic E-state index is 0.0206. The minimum Gasteiger partial charge on any atom is -0.394 e. The third-order valence-electron chi connectivity index (χ3n) is 5.43. The zero-order chi connectivity index (χ0) is 22.5. The summed E-state index contributed by atoms with van der Waals surface area (Å²) in [6.45, 7) is 6.85. The molecular formula is C24H29N7O. The van der Waals surface area contributed by atoms with Gasteiger partial charge in [-0.15, -0.1) is 0 Å². The van der Waals surface area contributed by atoms with Gasteiger partial charge in [0.05, 0.1) is 24.5 Å². The molecule has 0 radical (unpaired) electrons. The molecule has 0 saturated heterocycles. The van der Waals surface area contributed by atoms with Crippen molar-refractivity contribution in [2.75, 3.05) is 17.2 Å². The second kappa shape index (κ2) is 9.74. The summed E-state index contributed by atoms with van der Waals surface area (Å²) >= 11 is 0. The molecule has 4 aromatic rings. The molecule has 0 aliphatic heterocycles. The lowest BCUT2D eigenvalue weighted by Crippen LogP contribution is -2.24. The molecule has 8 nitrogen and oxygen atoms in total. The molecular weight excluding hydrogens is 402 g/mol. The lowest BCUT2D eigenvalue weighted by atomic mass is 10.1. The van der Waals surface area contributed by atoms with E-state index in [1.165, 1.54) is 0 Å². The quantitative estimate of drug-likeness (QED) is 0.367. The van der Waals surface area contributed by atoms with Crippen molar-refractivity contribution in [2.24, 2.45) is 0 Å². The Kier molecular flexibility index (Phi) is 6.61. The van der Waals surface area contributed by atoms with Gasteiger partial charge in [0.2, 0.25) is 11.9 Å². The second-order valence-electron chi connectivity index (χ2n) is 8.06. The molecule has 3 N–H and O–H groups in total. The van der Waals surface area contributed by atoms with E-state index in [9.17, 15) is 5.11 Å². The largest absolute Gasteiger partial charge is 0.394 e. The summed E-state index contributed by atoms with van der Waals surface area (Å²) in [6, 6.07) is 14.1. The van der Waals surface area contributed by atoms with Crippen molar-refractivity contribution >= 4 is 17.5 Å². The number of pyridine rings is 1. The number of benzene rings is 1. The molecule has 0 spiro atoms. The van der Waals surface area contributed by atoms with Gasteiger partial charge in [-0.1, -0.05) is 51.1 Å². The van der Waals surface area contributed by atoms with Crippen LogP contribution in [0, 0.1) is 0 Å². The first kappa shape index (κ1) is 21.7. The van der Waals surface area contributed by atoms with Crippen LogP contribution >= 0.6 is 0 Å². The Balaban J connectivity index is 1.58. The average Bonchev–Trinajstić information content (AvgIpc) is 3.26. The predicted molar refractivity (Wildman–Crippen MR) is 127 cm³/mol. The topological polar surface area (TPSA) is 100 Å². The highest BCUT2D eigenvalue weighted by molar-refractivity contribution is 5.59. The number of rotatable bonds is 9. The third-order valence-corrected chi connectivity index (χ3v) is 5.43. The number of anilines is 2. The molecule has 1 atom stereocenters. The molecule has 0 fully saturated rings. The summed E-state index contributed by atoms with van der Waals surface area (Å²) in [6.07, 6.45) is 4.41. The van der Waals surface area contributed by atoms with Gasteiger partial charge in [-0.05, 0) is 30.0 Å². The van der Waals surface area contributed by atoms with Crippen LogP contribution in [0.1, 0.15) is 44.2 Å². The van der Waals surface area contributed by atoms with Gasteiger partial charge in [0.15, 0.2) is 5.65 Å². The smallest absolute Gasteiger partial charge is 0.229 e. The lowest BCUT2D eigenvalue weighted by Gasteiger charge is -2.16. The molecule has 0 unspecified atom stereocenters. The molecule has 0 saturated carbocycles. The van der Waals surface area contributed by atoms with E-state index in [2.05, 4.69) is 68.8 Å². The average molecular weight is 432 g/mol. The van der Waals surface area contributed by atoms with Gasteiger partial charge in [-0.3, -0.25) is 4.98 Å². The summed E-state index contributed by atoms with van der Waals surface area (Å²) in [5.74, 6) is 1.36. The predicted octanol–water partition coefficient (Wildman–Crippen LogP) is 4.10. The fourth-order valence-corrected chi connectivity index (χ4v) is 3.45. The summed E-state index contributed by atoms with van der Waals surface area (Å²) in [4.78, 5) is 13.7. The fourth-order valence-electron chi connectivity index (χ4n) is 3.45. The van der Waals surface area contributed by atoms with Gasteiger partial charge in [0.1, 0.15) is 0 Å². The van der Waals surface area contributed by atoms with Gasteiger partial charge in [0.25, 0.3) is 0 Å². The molecule has 0 aliphatic carbocycles. The second-order valence-corrected chi connectivity index (χ2v) is 8.06. The van der Waals surface area contributed by atoms with Crippen molar-refractivity contribution in [3.05, 3.63) is 66.0 Å². The van der Waals surface area contributed by atoms with E-state index in [0.29, 0.717) is 18.4 Å². The Morgan fingerprint density at radius 2 is 1.88 bits per heavy atom. The first-order valence-corrected chi connectivity index (χ1v) is 11.0. The standard InChI is InChI=1S/C24H29N7O/c1-4-19(15-32)28-23-29-22-20(16(2)3)14-27-31(22)24(30-23)26-13-17-8-10-18(11-9-17)21-7-5-6-12-25-21/h5-12,14,16,19,32H,4,13,15H2,1-3H3,(H2,26,28,29,30)/t19-/m1/s1. The minimum atomic E-state index is -0.102. The van der Waals surface area contributed by atoms with Crippen LogP contribution in [-0.2, 0) is 6.54 Å². The van der Waals surface area contributed by atoms with Crippen molar-refractivity contribution in [3.63, 3.8) is 0 Å². The zero-order valence-electron chi connectivity index (χ0n) is 18.7. The first-order chi connectivity index (χ1) is 15.6. The van der Waals surface area contributed by atoms with Gasteiger partial charge in [0, 0.05) is 23.9 Å². The van der Waals surface area contributed by atoms with Crippen LogP contribution in [0.5, 0.6) is 0 Å². The van der Waals surface area contributed by atoms with E-state index in [1.54, 1.807) is 10.7 Å². The Bertz CT molecular complexity index is 1150. The Morgan fingerprint density at radius 1 is 1.06 bits per heavy atom. The van der Waals surface area contributed by atoms with Crippen LogP contribution in [0.15, 0.2) is 54.9 Å². The maximum absolute atomic E-state index is 9.57. The Labute approximate surface area is 187 Å². The summed E-state index contributed by atoms with van der Waals surface area (Å²) in [5.41, 5.74) is 4.96. The summed E-state index contributed by atoms with van der Waals surface area (Å²) in [5, 5.41) is 20.7. The van der Waals surface area contributed by atoms with Crippen molar-refractivity contribution in [2.45, 2.75) is 45.7 Å². The molecule has 0 amide bonds. The van der Waals surface area contributed by atoms with Crippen molar-refractivity contribution in [1.29, 1.82) is 0 Å². The molecule has 32 heavy (non-hydrogen) atoms. The molecule has 1 aromatic carbocycles. The maximum Gasteiger partial charge on any atom is 0.229 e. The van der Waals surface area contributed by atoms with Gasteiger partial charge in [-0.25, -0.2) is 0 Å². The van der Waals surface area contributed by atoms with E-state index in [0.717, 1.165) is 34.5 Å². The monoisotopic (exact) mass is 431 g/mol. The van der Waals surface area contributed by atoms with Gasteiger partial charge >= 0.3 is 0 Å². The Hall–Kier alpha value is -3.52. The first-order valence-electron chi connectivity index (χ1n) is 11.0. The maximum atomic E-state index is 9.57. The molecule has 0 bridgehead atoms. The van der Waals surface area contributed by atoms with E-state index in [1.807, 2.05) is 31.3 Å². The fraction of sp³-hybridized carbons (Fsp3) is 0.333. The van der Waals surface area contributed by atoms with Crippen molar-refractivity contribution in [3.8, 4) is 11.3 Å². The number of aromatic nitrogens is 5. The van der Waals surface area contributed by atoms with E-state index in [4.69, 9.17) is 0 Å². The summed E-state index contributed by atoms with van der Waals surface area (Å²) < 4.78 is 1.74. The highest BCUT2D eigenvalue weighted by atomic mass is 16.3. The van der Waals surface area contributed by atoms with Gasteiger partial charge < -0.3 is 15.7 Å². The van der Waals surface area contributed by atoms with Crippen LogP contribution in [0.25, 0.3) is 16.9 Å². The molecule has 8 heteroatoms. The SMILES string of the molecule is CC[C@H](CO)Nc1nc(NCc2ccc(-c3ccccn3)cc2)n2ncc(C(C)C)c2n1. The van der Waals surface area contributed by atoms with Crippen molar-refractivity contribution in [1.82, 2.24) is 24.6 Å². The number of aliphatic hydroxyl groups is 1. The normalized spacial score (nSPS) is 12.3. The highest BCUT2D eigenvalue weighted by Crippen LogP contribution is 2.23. The number of hydrogen-bond donors (Lipinski definition) is 3. The molecule has 4 rings (SSSR count). The number of aliphatic hydroxyl groups excluding tert-OH is 1. The van der Waals surface area contributed by atoms with Gasteiger partial charge in [-0.2, -0.15) is 19.6 Å². The van der Waals surface area contributed by atoms with Crippen LogP contribution in [0.3, 0.4) is 0 Å². The van der Waals surface area contributed by atoms with Crippen LogP contribution in [0.4, 0.5) is 11.9 Å².